The van der Waals surface area contributed by atoms with E-state index in [9.17, 15) is 13.2 Å². The summed E-state index contributed by atoms with van der Waals surface area (Å²) in [6.07, 6.45) is 1.51. The Bertz CT molecular complexity index is 1150. The first-order valence-corrected chi connectivity index (χ1v) is 11.3. The number of hydrogen-bond acceptors (Lipinski definition) is 4. The average Bonchev–Trinajstić information content (AvgIpc) is 2.77. The summed E-state index contributed by atoms with van der Waals surface area (Å²) >= 11 is 5.92. The third kappa shape index (κ3) is 6.49. The van der Waals surface area contributed by atoms with Crippen LogP contribution in [0, 0.1) is 6.92 Å². The van der Waals surface area contributed by atoms with Crippen molar-refractivity contribution in [2.24, 2.45) is 5.10 Å². The van der Waals surface area contributed by atoms with Crippen molar-refractivity contribution in [2.75, 3.05) is 6.54 Å². The van der Waals surface area contributed by atoms with E-state index in [1.807, 2.05) is 31.2 Å². The fourth-order valence-corrected chi connectivity index (χ4v) is 4.32. The van der Waals surface area contributed by atoms with Crippen LogP contribution in [-0.4, -0.2) is 31.4 Å². The SMILES string of the molecule is Cc1ccc(/C=N/NC(=O)CN(Cc2ccc(Cl)cc2)S(=O)(=O)c2ccccc2)cc1. The summed E-state index contributed by atoms with van der Waals surface area (Å²) < 4.78 is 27.4. The summed E-state index contributed by atoms with van der Waals surface area (Å²) in [6.45, 7) is 1.61. The van der Waals surface area contributed by atoms with Gasteiger partial charge in [0.25, 0.3) is 5.91 Å². The fourth-order valence-electron chi connectivity index (χ4n) is 2.79. The van der Waals surface area contributed by atoms with Crippen molar-refractivity contribution in [3.8, 4) is 0 Å². The number of halogens is 1. The molecular formula is C23H22ClN3O3S. The van der Waals surface area contributed by atoms with E-state index < -0.39 is 15.9 Å². The molecule has 160 valence electrons. The number of aryl methyl sites for hydroxylation is 1. The van der Waals surface area contributed by atoms with Crippen LogP contribution in [0.15, 0.2) is 88.9 Å². The maximum Gasteiger partial charge on any atom is 0.255 e. The largest absolute Gasteiger partial charge is 0.272 e. The topological polar surface area (TPSA) is 78.8 Å². The van der Waals surface area contributed by atoms with E-state index in [1.165, 1.54) is 18.3 Å². The molecule has 3 aromatic carbocycles. The molecule has 0 aliphatic heterocycles. The molecule has 0 unspecified atom stereocenters. The number of amides is 1. The van der Waals surface area contributed by atoms with Crippen LogP contribution in [0.1, 0.15) is 16.7 Å². The number of carbonyl (C=O) groups is 1. The molecule has 8 heteroatoms. The molecule has 3 aromatic rings. The van der Waals surface area contributed by atoms with Gasteiger partial charge in [-0.05, 0) is 42.3 Å². The number of hydrogen-bond donors (Lipinski definition) is 1. The monoisotopic (exact) mass is 455 g/mol. The molecule has 0 fully saturated rings. The summed E-state index contributed by atoms with van der Waals surface area (Å²) in [5, 5.41) is 4.48. The van der Waals surface area contributed by atoms with Gasteiger partial charge in [0.05, 0.1) is 17.7 Å². The summed E-state index contributed by atoms with van der Waals surface area (Å²) in [5.74, 6) is -0.545. The molecule has 1 amide bonds. The quantitative estimate of drug-likeness (QED) is 0.412. The number of nitrogens with one attached hydrogen (secondary N) is 1. The minimum Gasteiger partial charge on any atom is -0.272 e. The van der Waals surface area contributed by atoms with Crippen LogP contribution in [0.2, 0.25) is 5.02 Å². The lowest BCUT2D eigenvalue weighted by Crippen LogP contribution is -2.39. The van der Waals surface area contributed by atoms with E-state index in [0.717, 1.165) is 15.4 Å². The third-order valence-electron chi connectivity index (χ3n) is 4.45. The molecule has 0 aliphatic carbocycles. The lowest BCUT2D eigenvalue weighted by molar-refractivity contribution is -0.121. The standard InChI is InChI=1S/C23H22ClN3O3S/c1-18-7-9-19(10-8-18)15-25-26-23(28)17-27(16-20-11-13-21(24)14-12-20)31(29,30)22-5-3-2-4-6-22/h2-15H,16-17H2,1H3,(H,26,28)/b25-15+. The van der Waals surface area contributed by atoms with Gasteiger partial charge < -0.3 is 0 Å². The van der Waals surface area contributed by atoms with Crippen LogP contribution in [0.3, 0.4) is 0 Å². The molecular weight excluding hydrogens is 434 g/mol. The van der Waals surface area contributed by atoms with Crippen LogP contribution in [-0.2, 0) is 21.4 Å². The van der Waals surface area contributed by atoms with Crippen molar-refractivity contribution in [1.82, 2.24) is 9.73 Å². The molecule has 0 bridgehead atoms. The molecule has 31 heavy (non-hydrogen) atoms. The van der Waals surface area contributed by atoms with Crippen molar-refractivity contribution < 1.29 is 13.2 Å². The minimum absolute atomic E-state index is 0.0174. The summed E-state index contributed by atoms with van der Waals surface area (Å²) in [6, 6.07) is 22.4. The van der Waals surface area contributed by atoms with Crippen LogP contribution in [0.25, 0.3) is 0 Å². The number of benzene rings is 3. The van der Waals surface area contributed by atoms with Crippen molar-refractivity contribution >= 4 is 33.7 Å². The van der Waals surface area contributed by atoms with E-state index in [1.54, 1.807) is 42.5 Å². The predicted octanol–water partition coefficient (Wildman–Crippen LogP) is 3.99. The van der Waals surface area contributed by atoms with E-state index in [2.05, 4.69) is 10.5 Å². The Kier molecular flexibility index (Phi) is 7.57. The molecule has 3 rings (SSSR count). The molecule has 0 radical (unpaired) electrons. The van der Waals surface area contributed by atoms with Gasteiger partial charge in [-0.25, -0.2) is 13.8 Å². The summed E-state index contributed by atoms with van der Waals surface area (Å²) in [5.41, 5.74) is 5.04. The van der Waals surface area contributed by atoms with Gasteiger partial charge in [0.15, 0.2) is 0 Å². The van der Waals surface area contributed by atoms with E-state index >= 15 is 0 Å². The lowest BCUT2D eigenvalue weighted by Gasteiger charge is -2.21. The number of carbonyl (C=O) groups excluding carboxylic acids is 1. The summed E-state index contributed by atoms with van der Waals surface area (Å²) in [4.78, 5) is 12.6. The number of sulfonamides is 1. The highest BCUT2D eigenvalue weighted by Crippen LogP contribution is 2.19. The van der Waals surface area contributed by atoms with Crippen molar-refractivity contribution in [1.29, 1.82) is 0 Å². The normalized spacial score (nSPS) is 11.7. The lowest BCUT2D eigenvalue weighted by atomic mass is 10.2. The minimum atomic E-state index is -3.90. The van der Waals surface area contributed by atoms with E-state index in [0.29, 0.717) is 10.6 Å². The van der Waals surface area contributed by atoms with Crippen LogP contribution in [0.5, 0.6) is 0 Å². The van der Waals surface area contributed by atoms with E-state index in [-0.39, 0.29) is 18.0 Å². The van der Waals surface area contributed by atoms with Crippen LogP contribution in [0.4, 0.5) is 0 Å². The predicted molar refractivity (Wildman–Crippen MR) is 122 cm³/mol. The van der Waals surface area contributed by atoms with Crippen LogP contribution < -0.4 is 5.43 Å². The molecule has 0 spiro atoms. The smallest absolute Gasteiger partial charge is 0.255 e. The molecule has 6 nitrogen and oxygen atoms in total. The van der Waals surface area contributed by atoms with Crippen molar-refractivity contribution in [2.45, 2.75) is 18.4 Å². The zero-order valence-electron chi connectivity index (χ0n) is 16.9. The van der Waals surface area contributed by atoms with Gasteiger partial charge in [0.2, 0.25) is 10.0 Å². The first-order chi connectivity index (χ1) is 14.8. The zero-order chi connectivity index (χ0) is 22.3. The maximum atomic E-state index is 13.1. The van der Waals surface area contributed by atoms with Crippen molar-refractivity contribution in [3.63, 3.8) is 0 Å². The second-order valence-electron chi connectivity index (χ2n) is 6.92. The van der Waals surface area contributed by atoms with Gasteiger partial charge in [-0.15, -0.1) is 0 Å². The maximum absolute atomic E-state index is 13.1. The highest BCUT2D eigenvalue weighted by molar-refractivity contribution is 7.89. The Morgan fingerprint density at radius 1 is 1.00 bits per heavy atom. The first kappa shape index (κ1) is 22.7. The fraction of sp³-hybridized carbons (Fsp3) is 0.130. The summed E-state index contributed by atoms with van der Waals surface area (Å²) in [7, 11) is -3.90. The Morgan fingerprint density at radius 3 is 2.29 bits per heavy atom. The molecule has 1 N–H and O–H groups in total. The number of hydrazone groups is 1. The second kappa shape index (κ2) is 10.3. The van der Waals surface area contributed by atoms with E-state index in [4.69, 9.17) is 11.6 Å². The van der Waals surface area contributed by atoms with Gasteiger partial charge in [-0.1, -0.05) is 71.8 Å². The van der Waals surface area contributed by atoms with Gasteiger partial charge in [0, 0.05) is 11.6 Å². The molecule has 0 aromatic heterocycles. The molecule has 0 atom stereocenters. The van der Waals surface area contributed by atoms with Gasteiger partial charge >= 0.3 is 0 Å². The zero-order valence-corrected chi connectivity index (χ0v) is 18.5. The third-order valence-corrected chi connectivity index (χ3v) is 6.51. The van der Waals surface area contributed by atoms with Gasteiger partial charge in [-0.2, -0.15) is 9.41 Å². The number of nitrogens with zero attached hydrogens (tertiary/aromatic N) is 2. The number of rotatable bonds is 8. The van der Waals surface area contributed by atoms with Gasteiger partial charge in [0.1, 0.15) is 0 Å². The van der Waals surface area contributed by atoms with Gasteiger partial charge in [-0.3, -0.25) is 4.79 Å². The second-order valence-corrected chi connectivity index (χ2v) is 9.29. The Balaban J connectivity index is 1.76. The Morgan fingerprint density at radius 2 is 1.65 bits per heavy atom. The molecule has 0 saturated heterocycles. The highest BCUT2D eigenvalue weighted by atomic mass is 35.5. The Labute approximate surface area is 187 Å². The molecule has 0 aliphatic rings. The van der Waals surface area contributed by atoms with Crippen molar-refractivity contribution in [3.05, 3.63) is 101 Å². The van der Waals surface area contributed by atoms with Crippen LogP contribution >= 0.6 is 11.6 Å². The highest BCUT2D eigenvalue weighted by Gasteiger charge is 2.26. The molecule has 0 saturated carbocycles. The molecule has 0 heterocycles. The average molecular weight is 456 g/mol. The Hall–Kier alpha value is -3.00. The first-order valence-electron chi connectivity index (χ1n) is 9.53.